The van der Waals surface area contributed by atoms with Crippen LogP contribution in [0.3, 0.4) is 0 Å². The maximum atomic E-state index is 14.1. The van der Waals surface area contributed by atoms with Crippen LogP contribution in [0, 0.1) is 5.82 Å². The highest BCUT2D eigenvalue weighted by Crippen LogP contribution is 2.34. The molecule has 0 spiro atoms. The number of carbonyl (C=O) groups excluding carboxylic acids is 2. The molecule has 0 saturated carbocycles. The summed E-state index contributed by atoms with van der Waals surface area (Å²) >= 11 is 1.66. The molecular formula is C27H29FN2O3S. The molecule has 0 saturated heterocycles. The molecule has 178 valence electrons. The number of thiophene rings is 1. The minimum atomic E-state index is -0.428. The standard InChI is InChI=1S/C27H29FN2O3S/c1-2-14-29(26(31)17-20-8-4-3-5-9-20)18-27(32)30-15-12-25-21(13-16-34-25)23(30)19-33-24-11-7-6-10-22(24)28/h3-11,13,16,23H,2,12,14-15,17-19H2,1H3. The first-order valence-corrected chi connectivity index (χ1v) is 12.5. The average Bonchev–Trinajstić information content (AvgIpc) is 3.33. The molecule has 3 aromatic rings. The maximum absolute atomic E-state index is 14.1. The van der Waals surface area contributed by atoms with E-state index in [1.165, 1.54) is 10.9 Å². The van der Waals surface area contributed by atoms with Crippen LogP contribution in [0.25, 0.3) is 0 Å². The summed E-state index contributed by atoms with van der Waals surface area (Å²) in [6.45, 7) is 3.24. The van der Waals surface area contributed by atoms with Crippen LogP contribution in [0.15, 0.2) is 66.0 Å². The number of benzene rings is 2. The average molecular weight is 481 g/mol. The van der Waals surface area contributed by atoms with Crippen LogP contribution in [0.1, 0.15) is 35.4 Å². The molecule has 1 atom stereocenters. The molecule has 0 fully saturated rings. The fourth-order valence-corrected chi connectivity index (χ4v) is 5.23. The zero-order valence-electron chi connectivity index (χ0n) is 19.3. The van der Waals surface area contributed by atoms with E-state index < -0.39 is 5.82 Å². The summed E-state index contributed by atoms with van der Waals surface area (Å²) in [5, 5.41) is 2.02. The fraction of sp³-hybridized carbons (Fsp3) is 0.333. The van der Waals surface area contributed by atoms with Gasteiger partial charge in [0, 0.05) is 18.0 Å². The molecule has 2 aromatic carbocycles. The number of amides is 2. The topological polar surface area (TPSA) is 49.9 Å². The molecule has 1 aromatic heterocycles. The Labute approximate surface area is 203 Å². The number of hydrogen-bond donors (Lipinski definition) is 0. The largest absolute Gasteiger partial charge is 0.488 e. The van der Waals surface area contributed by atoms with Gasteiger partial charge in [0.1, 0.15) is 6.61 Å². The van der Waals surface area contributed by atoms with Crippen molar-refractivity contribution in [1.29, 1.82) is 0 Å². The molecule has 0 aliphatic carbocycles. The van der Waals surface area contributed by atoms with E-state index in [-0.39, 0.29) is 43.2 Å². The van der Waals surface area contributed by atoms with Gasteiger partial charge in [0.15, 0.2) is 11.6 Å². The van der Waals surface area contributed by atoms with Crippen molar-refractivity contribution in [2.45, 2.75) is 32.2 Å². The number of nitrogens with zero attached hydrogens (tertiary/aromatic N) is 2. The molecule has 4 rings (SSSR count). The molecule has 34 heavy (non-hydrogen) atoms. The van der Waals surface area contributed by atoms with Crippen molar-refractivity contribution in [3.05, 3.63) is 87.9 Å². The van der Waals surface area contributed by atoms with Crippen molar-refractivity contribution in [2.24, 2.45) is 0 Å². The lowest BCUT2D eigenvalue weighted by molar-refractivity contribution is -0.142. The SMILES string of the molecule is CCCN(CC(=O)N1CCc2sccc2C1COc1ccccc1F)C(=O)Cc1ccccc1. The Hall–Kier alpha value is -3.19. The van der Waals surface area contributed by atoms with E-state index >= 15 is 0 Å². The lowest BCUT2D eigenvalue weighted by Gasteiger charge is -2.37. The highest BCUT2D eigenvalue weighted by molar-refractivity contribution is 7.10. The van der Waals surface area contributed by atoms with E-state index in [1.807, 2.05) is 48.7 Å². The third-order valence-electron chi connectivity index (χ3n) is 6.02. The van der Waals surface area contributed by atoms with Crippen molar-refractivity contribution in [3.8, 4) is 5.75 Å². The highest BCUT2D eigenvalue weighted by atomic mass is 32.1. The molecule has 0 bridgehead atoms. The Balaban J connectivity index is 1.48. The number of halogens is 1. The number of para-hydroxylation sites is 1. The predicted octanol–water partition coefficient (Wildman–Crippen LogP) is 4.87. The molecule has 1 aliphatic heterocycles. The number of carbonyl (C=O) groups is 2. The molecule has 5 nitrogen and oxygen atoms in total. The summed E-state index contributed by atoms with van der Waals surface area (Å²) in [5.74, 6) is -0.437. The van der Waals surface area contributed by atoms with Crippen LogP contribution in [0.4, 0.5) is 4.39 Å². The molecule has 0 radical (unpaired) electrons. The van der Waals surface area contributed by atoms with Crippen molar-refractivity contribution < 1.29 is 18.7 Å². The van der Waals surface area contributed by atoms with Crippen molar-refractivity contribution >= 4 is 23.2 Å². The van der Waals surface area contributed by atoms with Gasteiger partial charge in [-0.15, -0.1) is 11.3 Å². The van der Waals surface area contributed by atoms with Gasteiger partial charge in [0.05, 0.1) is 19.0 Å². The van der Waals surface area contributed by atoms with E-state index in [4.69, 9.17) is 4.74 Å². The van der Waals surface area contributed by atoms with Crippen LogP contribution in [-0.2, 0) is 22.4 Å². The molecule has 1 unspecified atom stereocenters. The lowest BCUT2D eigenvalue weighted by Crippen LogP contribution is -2.48. The number of ether oxygens (including phenoxy) is 1. The summed E-state index contributed by atoms with van der Waals surface area (Å²) < 4.78 is 19.9. The molecule has 2 amide bonds. The molecule has 1 aliphatic rings. The van der Waals surface area contributed by atoms with Gasteiger partial charge in [-0.05, 0) is 47.5 Å². The second-order valence-corrected chi connectivity index (χ2v) is 9.37. The zero-order chi connectivity index (χ0) is 23.9. The van der Waals surface area contributed by atoms with Crippen LogP contribution < -0.4 is 4.74 Å². The zero-order valence-corrected chi connectivity index (χ0v) is 20.1. The van der Waals surface area contributed by atoms with Gasteiger partial charge >= 0.3 is 0 Å². The minimum absolute atomic E-state index is 0.0230. The summed E-state index contributed by atoms with van der Waals surface area (Å²) in [6.07, 6.45) is 1.80. The number of rotatable bonds is 9. The van der Waals surface area contributed by atoms with E-state index in [0.29, 0.717) is 13.1 Å². The Bertz CT molecular complexity index is 1120. The van der Waals surface area contributed by atoms with Crippen molar-refractivity contribution in [3.63, 3.8) is 0 Å². The third kappa shape index (κ3) is 5.65. The Kier molecular flexibility index (Phi) is 7.95. The minimum Gasteiger partial charge on any atom is -0.488 e. The van der Waals surface area contributed by atoms with Gasteiger partial charge in [-0.25, -0.2) is 4.39 Å². The van der Waals surface area contributed by atoms with E-state index in [0.717, 1.165) is 24.0 Å². The summed E-state index contributed by atoms with van der Waals surface area (Å²) in [6, 6.07) is 17.5. The second-order valence-electron chi connectivity index (χ2n) is 8.37. The summed E-state index contributed by atoms with van der Waals surface area (Å²) in [4.78, 5) is 31.1. The highest BCUT2D eigenvalue weighted by Gasteiger charge is 2.33. The number of fused-ring (bicyclic) bond motifs is 1. The van der Waals surface area contributed by atoms with Gasteiger partial charge in [0.2, 0.25) is 11.8 Å². The third-order valence-corrected chi connectivity index (χ3v) is 7.02. The lowest BCUT2D eigenvalue weighted by atomic mass is 10.0. The van der Waals surface area contributed by atoms with Crippen molar-refractivity contribution in [1.82, 2.24) is 9.80 Å². The van der Waals surface area contributed by atoms with Gasteiger partial charge in [0.25, 0.3) is 0 Å². The summed E-state index contributed by atoms with van der Waals surface area (Å²) in [7, 11) is 0. The number of hydrogen-bond acceptors (Lipinski definition) is 4. The fourth-order valence-electron chi connectivity index (χ4n) is 4.30. The van der Waals surface area contributed by atoms with Crippen LogP contribution in [-0.4, -0.2) is 47.9 Å². The predicted molar refractivity (Wildman–Crippen MR) is 131 cm³/mol. The van der Waals surface area contributed by atoms with Crippen LogP contribution in [0.5, 0.6) is 5.75 Å². The van der Waals surface area contributed by atoms with Gasteiger partial charge in [-0.1, -0.05) is 49.4 Å². The molecule has 2 heterocycles. The van der Waals surface area contributed by atoms with Gasteiger partial charge in [-0.3, -0.25) is 9.59 Å². The maximum Gasteiger partial charge on any atom is 0.242 e. The van der Waals surface area contributed by atoms with Gasteiger partial charge in [-0.2, -0.15) is 0 Å². The molecular weight excluding hydrogens is 451 g/mol. The smallest absolute Gasteiger partial charge is 0.242 e. The van der Waals surface area contributed by atoms with Crippen LogP contribution >= 0.6 is 11.3 Å². The Morgan fingerprint density at radius 1 is 1.12 bits per heavy atom. The van der Waals surface area contributed by atoms with E-state index in [2.05, 4.69) is 0 Å². The first-order valence-electron chi connectivity index (χ1n) is 11.6. The van der Waals surface area contributed by atoms with Gasteiger partial charge < -0.3 is 14.5 Å². The van der Waals surface area contributed by atoms with Crippen molar-refractivity contribution in [2.75, 3.05) is 26.2 Å². The molecule has 7 heteroatoms. The Morgan fingerprint density at radius 2 is 1.88 bits per heavy atom. The van der Waals surface area contributed by atoms with E-state index in [9.17, 15) is 14.0 Å². The quantitative estimate of drug-likeness (QED) is 0.439. The normalized spacial score (nSPS) is 15.0. The first kappa shape index (κ1) is 24.0. The van der Waals surface area contributed by atoms with Crippen LogP contribution in [0.2, 0.25) is 0 Å². The first-order chi connectivity index (χ1) is 16.6. The van der Waals surface area contributed by atoms with E-state index in [1.54, 1.807) is 39.3 Å². The summed E-state index contributed by atoms with van der Waals surface area (Å²) in [5.41, 5.74) is 1.97. The Morgan fingerprint density at radius 3 is 2.65 bits per heavy atom. The second kappa shape index (κ2) is 11.3. The molecule has 0 N–H and O–H groups in total. The monoisotopic (exact) mass is 480 g/mol.